The molecule has 8 heteroatoms. The van der Waals surface area contributed by atoms with Crippen molar-refractivity contribution in [2.24, 2.45) is 7.05 Å². The lowest BCUT2D eigenvalue weighted by molar-refractivity contribution is 0.167. The number of nitrogens with zero attached hydrogens (tertiary/aromatic N) is 2. The number of fused-ring (bicyclic) bond motifs is 1. The third kappa shape index (κ3) is 3.86. The summed E-state index contributed by atoms with van der Waals surface area (Å²) in [5.41, 5.74) is 0.0825. The molecular weight excluding hydrogens is 409 g/mol. The van der Waals surface area contributed by atoms with E-state index in [1.165, 1.54) is 4.88 Å². The smallest absolute Gasteiger partial charge is 0.259 e. The second-order valence-corrected chi connectivity index (χ2v) is 7.36. The van der Waals surface area contributed by atoms with Gasteiger partial charge in [0, 0.05) is 50.3 Å². The van der Waals surface area contributed by atoms with Crippen LogP contribution in [0.4, 0.5) is 0 Å². The molecule has 124 valence electrons. The number of thiophene rings is 1. The average molecular weight is 429 g/mol. The minimum absolute atomic E-state index is 0. The summed E-state index contributed by atoms with van der Waals surface area (Å²) in [5.74, 6) is 0. The predicted molar refractivity (Wildman–Crippen MR) is 102 cm³/mol. The first kappa shape index (κ1) is 19.9. The normalized spacial score (nSPS) is 18.8. The fourth-order valence-electron chi connectivity index (χ4n) is 2.65. The van der Waals surface area contributed by atoms with Gasteiger partial charge in [-0.3, -0.25) is 9.69 Å². The number of rotatable bonds is 2. The van der Waals surface area contributed by atoms with Crippen molar-refractivity contribution in [2.75, 3.05) is 19.6 Å². The Bertz CT molecular complexity index is 703. The molecule has 22 heavy (non-hydrogen) atoms. The Morgan fingerprint density at radius 1 is 1.45 bits per heavy atom. The van der Waals surface area contributed by atoms with E-state index in [2.05, 4.69) is 39.1 Å². The Hall–Kier alpha value is -0.110. The van der Waals surface area contributed by atoms with Crippen LogP contribution in [0.5, 0.6) is 0 Å². The third-order valence-electron chi connectivity index (χ3n) is 3.86. The molecule has 3 rings (SSSR count). The van der Waals surface area contributed by atoms with Crippen LogP contribution < -0.4 is 10.9 Å². The van der Waals surface area contributed by atoms with E-state index in [0.29, 0.717) is 6.04 Å². The highest BCUT2D eigenvalue weighted by atomic mass is 79.9. The summed E-state index contributed by atoms with van der Waals surface area (Å²) in [4.78, 5) is 15.9. The van der Waals surface area contributed by atoms with Gasteiger partial charge in [0.25, 0.3) is 5.56 Å². The minimum Gasteiger partial charge on any atom is -0.317 e. The number of aryl methyl sites for hydroxylation is 1. The molecule has 4 nitrogen and oxygen atoms in total. The van der Waals surface area contributed by atoms with Crippen molar-refractivity contribution >= 4 is 62.2 Å². The highest BCUT2D eigenvalue weighted by Gasteiger charge is 2.19. The Morgan fingerprint density at radius 2 is 2.18 bits per heavy atom. The quantitative estimate of drug-likeness (QED) is 0.798. The lowest BCUT2D eigenvalue weighted by Gasteiger charge is -2.33. The molecule has 1 fully saturated rings. The molecule has 2 aromatic heterocycles. The maximum Gasteiger partial charge on any atom is 0.259 e. The average Bonchev–Trinajstić information content (AvgIpc) is 2.83. The number of pyridine rings is 1. The summed E-state index contributed by atoms with van der Waals surface area (Å²) in [6, 6.07) is 2.60. The SMILES string of the molecule is CC1CNCCN1Cc1cc2c(=O)n(C)cc(Br)c2s1.Cl.Cl. The van der Waals surface area contributed by atoms with Crippen LogP contribution in [0.2, 0.25) is 0 Å². The summed E-state index contributed by atoms with van der Waals surface area (Å²) in [7, 11) is 1.79. The second kappa shape index (κ2) is 8.13. The Labute approximate surface area is 154 Å². The molecule has 0 spiro atoms. The standard InChI is InChI=1S/C14H18BrN3OS.2ClH/c1-9-6-16-3-4-18(9)7-10-5-11-13(20-10)12(15)8-17(2)14(11)19;;/h5,8-9,16H,3-4,6-7H2,1-2H3;2*1H. The molecule has 1 atom stereocenters. The van der Waals surface area contributed by atoms with Crippen LogP contribution in [0, 0.1) is 0 Å². The van der Waals surface area contributed by atoms with E-state index in [0.717, 1.165) is 40.7 Å². The molecule has 1 N–H and O–H groups in total. The summed E-state index contributed by atoms with van der Waals surface area (Å²) in [6.45, 7) is 6.32. The monoisotopic (exact) mass is 427 g/mol. The molecule has 0 aromatic carbocycles. The van der Waals surface area contributed by atoms with Gasteiger partial charge in [-0.1, -0.05) is 0 Å². The van der Waals surface area contributed by atoms with Crippen LogP contribution in [0.3, 0.4) is 0 Å². The van der Waals surface area contributed by atoms with Gasteiger partial charge in [-0.05, 0) is 28.9 Å². The van der Waals surface area contributed by atoms with Gasteiger partial charge < -0.3 is 9.88 Å². The highest BCUT2D eigenvalue weighted by Crippen LogP contribution is 2.30. The largest absolute Gasteiger partial charge is 0.317 e. The lowest BCUT2D eigenvalue weighted by Crippen LogP contribution is -2.49. The molecule has 0 aliphatic carbocycles. The maximum absolute atomic E-state index is 12.2. The Balaban J connectivity index is 0.00000121. The van der Waals surface area contributed by atoms with E-state index < -0.39 is 0 Å². The summed E-state index contributed by atoms with van der Waals surface area (Å²) in [5, 5.41) is 4.23. The van der Waals surface area contributed by atoms with Crippen molar-refractivity contribution in [3.63, 3.8) is 0 Å². The van der Waals surface area contributed by atoms with E-state index in [4.69, 9.17) is 0 Å². The fourth-order valence-corrected chi connectivity index (χ4v) is 4.49. The summed E-state index contributed by atoms with van der Waals surface area (Å²) >= 11 is 5.28. The first-order valence-corrected chi connectivity index (χ1v) is 8.39. The van der Waals surface area contributed by atoms with Crippen molar-refractivity contribution in [1.29, 1.82) is 0 Å². The summed E-state index contributed by atoms with van der Waals surface area (Å²) in [6.07, 6.45) is 1.85. The predicted octanol–water partition coefficient (Wildman–Crippen LogP) is 3.00. The van der Waals surface area contributed by atoms with Crippen LogP contribution in [0.15, 0.2) is 21.5 Å². The van der Waals surface area contributed by atoms with Crippen LogP contribution in [-0.2, 0) is 13.6 Å². The van der Waals surface area contributed by atoms with E-state index in [9.17, 15) is 4.79 Å². The number of hydrogen-bond acceptors (Lipinski definition) is 4. The zero-order valence-corrected chi connectivity index (χ0v) is 16.5. The molecule has 1 aliphatic heterocycles. The van der Waals surface area contributed by atoms with E-state index in [-0.39, 0.29) is 30.4 Å². The number of aromatic nitrogens is 1. The molecule has 2 aromatic rings. The van der Waals surface area contributed by atoms with E-state index in [1.54, 1.807) is 23.0 Å². The van der Waals surface area contributed by atoms with Gasteiger partial charge in [-0.2, -0.15) is 0 Å². The number of nitrogens with one attached hydrogen (secondary N) is 1. The fraction of sp³-hybridized carbons (Fsp3) is 0.500. The Morgan fingerprint density at radius 3 is 2.86 bits per heavy atom. The number of piperazine rings is 1. The molecule has 1 aliphatic rings. The van der Waals surface area contributed by atoms with Gasteiger partial charge in [0.2, 0.25) is 0 Å². The zero-order chi connectivity index (χ0) is 14.3. The van der Waals surface area contributed by atoms with Gasteiger partial charge in [0.1, 0.15) is 0 Å². The van der Waals surface area contributed by atoms with Gasteiger partial charge >= 0.3 is 0 Å². The van der Waals surface area contributed by atoms with Gasteiger partial charge in [-0.25, -0.2) is 0 Å². The van der Waals surface area contributed by atoms with E-state index in [1.807, 2.05) is 6.20 Å². The first-order chi connectivity index (χ1) is 9.56. The van der Waals surface area contributed by atoms with Crippen LogP contribution >= 0.6 is 52.1 Å². The van der Waals surface area contributed by atoms with Crippen molar-refractivity contribution in [3.8, 4) is 0 Å². The first-order valence-electron chi connectivity index (χ1n) is 6.78. The molecule has 0 saturated carbocycles. The van der Waals surface area contributed by atoms with Crippen LogP contribution in [0.25, 0.3) is 10.1 Å². The zero-order valence-electron chi connectivity index (χ0n) is 12.5. The molecule has 1 unspecified atom stereocenters. The van der Waals surface area contributed by atoms with Gasteiger partial charge in [0.15, 0.2) is 0 Å². The van der Waals surface area contributed by atoms with Gasteiger partial charge in [0.05, 0.1) is 14.6 Å². The third-order valence-corrected chi connectivity index (χ3v) is 5.87. The molecule has 3 heterocycles. The molecule has 0 radical (unpaired) electrons. The number of hydrogen-bond donors (Lipinski definition) is 1. The van der Waals surface area contributed by atoms with Gasteiger partial charge in [-0.15, -0.1) is 36.2 Å². The molecular formula is C14H20BrCl2N3OS. The van der Waals surface area contributed by atoms with Crippen LogP contribution in [-0.4, -0.2) is 35.1 Å². The maximum atomic E-state index is 12.2. The van der Waals surface area contributed by atoms with E-state index >= 15 is 0 Å². The molecule has 0 amide bonds. The highest BCUT2D eigenvalue weighted by molar-refractivity contribution is 9.10. The lowest BCUT2D eigenvalue weighted by atomic mass is 10.2. The van der Waals surface area contributed by atoms with Crippen molar-refractivity contribution in [3.05, 3.63) is 32.0 Å². The van der Waals surface area contributed by atoms with Crippen LogP contribution in [0.1, 0.15) is 11.8 Å². The summed E-state index contributed by atoms with van der Waals surface area (Å²) < 4.78 is 3.70. The number of halogens is 3. The minimum atomic E-state index is 0. The topological polar surface area (TPSA) is 37.3 Å². The van der Waals surface area contributed by atoms with Crippen molar-refractivity contribution < 1.29 is 0 Å². The van der Waals surface area contributed by atoms with Crippen molar-refractivity contribution in [2.45, 2.75) is 19.5 Å². The Kier molecular flexibility index (Phi) is 7.36. The second-order valence-electron chi connectivity index (χ2n) is 5.37. The van der Waals surface area contributed by atoms with Crippen molar-refractivity contribution in [1.82, 2.24) is 14.8 Å². The molecule has 0 bridgehead atoms. The molecule has 1 saturated heterocycles.